The third-order valence-corrected chi connectivity index (χ3v) is 2.90. The zero-order chi connectivity index (χ0) is 12.0. The Morgan fingerprint density at radius 2 is 1.94 bits per heavy atom. The lowest BCUT2D eigenvalue weighted by Gasteiger charge is -2.13. The molecule has 0 bridgehead atoms. The van der Waals surface area contributed by atoms with Crippen molar-refractivity contribution < 1.29 is 9.53 Å². The standard InChI is InChI=1S/C12H14Cl2O2/c1-2-16-12(15)11(14)8-10(13)9-6-4-3-5-7-9/h3-7,10-11H,2,8H2,1H3. The number of rotatable bonds is 5. The molecule has 2 atom stereocenters. The fraction of sp³-hybridized carbons (Fsp3) is 0.417. The molecule has 2 unspecified atom stereocenters. The van der Waals surface area contributed by atoms with Gasteiger partial charge in [0.2, 0.25) is 0 Å². The maximum atomic E-state index is 11.3. The average molecular weight is 261 g/mol. The summed E-state index contributed by atoms with van der Waals surface area (Å²) in [6.45, 7) is 2.08. The van der Waals surface area contributed by atoms with E-state index in [1.54, 1.807) is 6.92 Å². The van der Waals surface area contributed by atoms with E-state index in [9.17, 15) is 4.79 Å². The molecule has 1 rings (SSSR count). The topological polar surface area (TPSA) is 26.3 Å². The van der Waals surface area contributed by atoms with E-state index in [4.69, 9.17) is 27.9 Å². The van der Waals surface area contributed by atoms with Crippen molar-refractivity contribution in [1.82, 2.24) is 0 Å². The van der Waals surface area contributed by atoms with E-state index in [-0.39, 0.29) is 5.38 Å². The van der Waals surface area contributed by atoms with E-state index in [0.717, 1.165) is 5.56 Å². The van der Waals surface area contributed by atoms with Crippen molar-refractivity contribution in [2.75, 3.05) is 6.61 Å². The van der Waals surface area contributed by atoms with Crippen LogP contribution in [0.25, 0.3) is 0 Å². The van der Waals surface area contributed by atoms with Gasteiger partial charge >= 0.3 is 5.97 Å². The SMILES string of the molecule is CCOC(=O)C(Cl)CC(Cl)c1ccccc1. The summed E-state index contributed by atoms with van der Waals surface area (Å²) in [7, 11) is 0. The van der Waals surface area contributed by atoms with E-state index >= 15 is 0 Å². The molecule has 0 saturated heterocycles. The van der Waals surface area contributed by atoms with Gasteiger partial charge in [0.05, 0.1) is 12.0 Å². The van der Waals surface area contributed by atoms with Gasteiger partial charge in [-0.05, 0) is 18.9 Å². The highest BCUT2D eigenvalue weighted by atomic mass is 35.5. The minimum absolute atomic E-state index is 0.270. The maximum Gasteiger partial charge on any atom is 0.324 e. The average Bonchev–Trinajstić information content (AvgIpc) is 2.30. The lowest BCUT2D eigenvalue weighted by Crippen LogP contribution is -2.19. The second-order valence-corrected chi connectivity index (χ2v) is 4.39. The highest BCUT2D eigenvalue weighted by Gasteiger charge is 2.21. The molecule has 16 heavy (non-hydrogen) atoms. The van der Waals surface area contributed by atoms with Crippen LogP contribution < -0.4 is 0 Å². The summed E-state index contributed by atoms with van der Waals surface area (Å²) in [5.41, 5.74) is 0.958. The molecule has 0 aliphatic rings. The number of hydrogen-bond acceptors (Lipinski definition) is 2. The third-order valence-electron chi connectivity index (χ3n) is 2.12. The minimum atomic E-state index is -0.692. The first-order chi connectivity index (χ1) is 7.65. The molecule has 1 aromatic carbocycles. The molecule has 0 aromatic heterocycles. The van der Waals surface area contributed by atoms with Gasteiger partial charge in [-0.1, -0.05) is 30.3 Å². The molecule has 0 radical (unpaired) electrons. The van der Waals surface area contributed by atoms with Gasteiger partial charge in [0.15, 0.2) is 0 Å². The van der Waals surface area contributed by atoms with Crippen molar-refractivity contribution in [1.29, 1.82) is 0 Å². The molecule has 4 heteroatoms. The number of carbonyl (C=O) groups is 1. The molecular formula is C12H14Cl2O2. The van der Waals surface area contributed by atoms with E-state index < -0.39 is 11.3 Å². The smallest absolute Gasteiger partial charge is 0.324 e. The number of alkyl halides is 2. The van der Waals surface area contributed by atoms with Gasteiger partial charge in [-0.3, -0.25) is 4.79 Å². The zero-order valence-corrected chi connectivity index (χ0v) is 10.5. The molecule has 0 aliphatic carbocycles. The first-order valence-electron chi connectivity index (χ1n) is 5.14. The monoisotopic (exact) mass is 260 g/mol. The number of halogens is 2. The second-order valence-electron chi connectivity index (χ2n) is 3.33. The van der Waals surface area contributed by atoms with Crippen LogP contribution in [0.15, 0.2) is 30.3 Å². The molecule has 0 saturated carbocycles. The quantitative estimate of drug-likeness (QED) is 0.598. The summed E-state index contributed by atoms with van der Waals surface area (Å²) >= 11 is 12.0. The fourth-order valence-electron chi connectivity index (χ4n) is 1.31. The Morgan fingerprint density at radius 1 is 1.31 bits per heavy atom. The number of esters is 1. The van der Waals surface area contributed by atoms with Crippen LogP contribution in [0.3, 0.4) is 0 Å². The Kier molecular flexibility index (Phi) is 5.64. The van der Waals surface area contributed by atoms with Crippen molar-refractivity contribution >= 4 is 29.2 Å². The molecule has 0 fully saturated rings. The van der Waals surface area contributed by atoms with Crippen molar-refractivity contribution in [3.8, 4) is 0 Å². The number of hydrogen-bond donors (Lipinski definition) is 0. The summed E-state index contributed by atoms with van der Waals surface area (Å²) in [5.74, 6) is -0.411. The van der Waals surface area contributed by atoms with Crippen LogP contribution in [0.1, 0.15) is 24.3 Å². The second kappa shape index (κ2) is 6.77. The van der Waals surface area contributed by atoms with E-state index in [2.05, 4.69) is 0 Å². The Labute approximate surface area is 106 Å². The van der Waals surface area contributed by atoms with Crippen molar-refractivity contribution in [3.05, 3.63) is 35.9 Å². The van der Waals surface area contributed by atoms with E-state index in [0.29, 0.717) is 13.0 Å². The molecule has 0 amide bonds. The van der Waals surface area contributed by atoms with Gasteiger partial charge in [0, 0.05) is 0 Å². The van der Waals surface area contributed by atoms with Crippen molar-refractivity contribution in [3.63, 3.8) is 0 Å². The lowest BCUT2D eigenvalue weighted by molar-refractivity contribution is -0.142. The van der Waals surface area contributed by atoms with Gasteiger partial charge < -0.3 is 4.74 Å². The predicted octanol–water partition coefficient (Wildman–Crippen LogP) is 3.53. The number of ether oxygens (including phenoxy) is 1. The predicted molar refractivity (Wildman–Crippen MR) is 65.9 cm³/mol. The maximum absolute atomic E-state index is 11.3. The first kappa shape index (κ1) is 13.3. The third kappa shape index (κ3) is 4.03. The number of carbonyl (C=O) groups excluding carboxylic acids is 1. The lowest BCUT2D eigenvalue weighted by atomic mass is 10.1. The Balaban J connectivity index is 2.51. The summed E-state index contributed by atoms with van der Waals surface area (Å²) in [6, 6.07) is 9.53. The molecule has 1 aromatic rings. The first-order valence-corrected chi connectivity index (χ1v) is 6.02. The minimum Gasteiger partial charge on any atom is -0.465 e. The normalized spacial score (nSPS) is 14.2. The van der Waals surface area contributed by atoms with Gasteiger partial charge in [-0.25, -0.2) is 0 Å². The van der Waals surface area contributed by atoms with Gasteiger partial charge in [0.25, 0.3) is 0 Å². The van der Waals surface area contributed by atoms with Crippen LogP contribution in [-0.4, -0.2) is 18.0 Å². The molecule has 0 N–H and O–H groups in total. The molecular weight excluding hydrogens is 247 g/mol. The van der Waals surface area contributed by atoms with E-state index in [1.807, 2.05) is 30.3 Å². The summed E-state index contributed by atoms with van der Waals surface area (Å²) in [6.07, 6.45) is 0.367. The van der Waals surface area contributed by atoms with Gasteiger partial charge in [-0.15, -0.1) is 23.2 Å². The summed E-state index contributed by atoms with van der Waals surface area (Å²) in [4.78, 5) is 11.3. The molecule has 2 nitrogen and oxygen atoms in total. The van der Waals surface area contributed by atoms with Crippen LogP contribution >= 0.6 is 23.2 Å². The van der Waals surface area contributed by atoms with Crippen LogP contribution in [0.5, 0.6) is 0 Å². The van der Waals surface area contributed by atoms with Gasteiger partial charge in [-0.2, -0.15) is 0 Å². The zero-order valence-electron chi connectivity index (χ0n) is 9.03. The summed E-state index contributed by atoms with van der Waals surface area (Å²) < 4.78 is 4.81. The molecule has 88 valence electrons. The van der Waals surface area contributed by atoms with Gasteiger partial charge in [0.1, 0.15) is 5.38 Å². The molecule has 0 spiro atoms. The summed E-state index contributed by atoms with van der Waals surface area (Å²) in [5, 5.41) is -0.962. The van der Waals surface area contributed by atoms with Crippen molar-refractivity contribution in [2.45, 2.75) is 24.1 Å². The van der Waals surface area contributed by atoms with Crippen LogP contribution in [-0.2, 0) is 9.53 Å². The Morgan fingerprint density at radius 3 is 2.50 bits per heavy atom. The highest BCUT2D eigenvalue weighted by Crippen LogP contribution is 2.27. The van der Waals surface area contributed by atoms with E-state index in [1.165, 1.54) is 0 Å². The largest absolute Gasteiger partial charge is 0.465 e. The molecule has 0 heterocycles. The van der Waals surface area contributed by atoms with Crippen LogP contribution in [0.2, 0.25) is 0 Å². The number of benzene rings is 1. The fourth-order valence-corrected chi connectivity index (χ4v) is 1.96. The van der Waals surface area contributed by atoms with Crippen molar-refractivity contribution in [2.24, 2.45) is 0 Å². The van der Waals surface area contributed by atoms with Crippen LogP contribution in [0.4, 0.5) is 0 Å². The van der Waals surface area contributed by atoms with Crippen LogP contribution in [0, 0.1) is 0 Å². The highest BCUT2D eigenvalue weighted by molar-refractivity contribution is 6.30. The molecule has 0 aliphatic heterocycles. The Bertz CT molecular complexity index is 327. The Hall–Kier alpha value is -0.730.